The first-order valence-corrected chi connectivity index (χ1v) is 8.40. The summed E-state index contributed by atoms with van der Waals surface area (Å²) < 4.78 is 1.58. The van der Waals surface area contributed by atoms with Crippen molar-refractivity contribution in [1.29, 1.82) is 0 Å². The fraction of sp³-hybridized carbons (Fsp3) is 0.200. The highest BCUT2D eigenvalue weighted by Crippen LogP contribution is 2.13. The summed E-state index contributed by atoms with van der Waals surface area (Å²) >= 11 is 0. The second-order valence-electron chi connectivity index (χ2n) is 6.23. The third-order valence-corrected chi connectivity index (χ3v) is 4.02. The van der Waals surface area contributed by atoms with Crippen molar-refractivity contribution in [1.82, 2.24) is 19.7 Å². The summed E-state index contributed by atoms with van der Waals surface area (Å²) in [5, 5.41) is 4.19. The van der Waals surface area contributed by atoms with Gasteiger partial charge in [0.1, 0.15) is 0 Å². The van der Waals surface area contributed by atoms with E-state index in [9.17, 15) is 9.59 Å². The molecule has 0 radical (unpaired) electrons. The van der Waals surface area contributed by atoms with Gasteiger partial charge < -0.3 is 4.90 Å². The van der Waals surface area contributed by atoms with E-state index in [4.69, 9.17) is 0 Å². The van der Waals surface area contributed by atoms with E-state index in [0.717, 1.165) is 11.3 Å². The molecule has 0 aliphatic heterocycles. The van der Waals surface area contributed by atoms with Crippen molar-refractivity contribution in [3.05, 3.63) is 78.4 Å². The van der Waals surface area contributed by atoms with Gasteiger partial charge in [0.15, 0.2) is 0 Å². The molecule has 0 atom stereocenters. The molecule has 2 heterocycles. The Labute approximate surface area is 152 Å². The van der Waals surface area contributed by atoms with Crippen LogP contribution in [-0.2, 0) is 11.3 Å². The summed E-state index contributed by atoms with van der Waals surface area (Å²) in [5.41, 5.74) is 1.98. The Hall–Kier alpha value is -3.28. The number of carbonyl (C=O) groups is 2. The Bertz CT molecular complexity index is 888. The maximum absolute atomic E-state index is 12.8. The molecular weight excluding hydrogens is 328 g/mol. The molecule has 26 heavy (non-hydrogen) atoms. The predicted molar refractivity (Wildman–Crippen MR) is 97.8 cm³/mol. The molecule has 0 N–H and O–H groups in total. The molecule has 0 bridgehead atoms. The zero-order valence-electron chi connectivity index (χ0n) is 14.7. The zero-order chi connectivity index (χ0) is 18.5. The van der Waals surface area contributed by atoms with E-state index in [1.54, 1.807) is 28.2 Å². The number of rotatable bonds is 6. The number of benzene rings is 1. The van der Waals surface area contributed by atoms with Gasteiger partial charge in [-0.1, -0.05) is 24.3 Å². The van der Waals surface area contributed by atoms with Gasteiger partial charge in [-0.3, -0.25) is 14.6 Å². The molecular formula is C20H20N4O2. The van der Waals surface area contributed by atoms with Crippen molar-refractivity contribution in [2.45, 2.75) is 26.4 Å². The highest BCUT2D eigenvalue weighted by molar-refractivity contribution is 6.42. The maximum Gasteiger partial charge on any atom is 0.295 e. The number of pyridine rings is 1. The minimum absolute atomic E-state index is 0.115. The molecule has 0 spiro atoms. The lowest BCUT2D eigenvalue weighted by Crippen LogP contribution is -2.40. The van der Waals surface area contributed by atoms with Gasteiger partial charge in [-0.05, 0) is 37.6 Å². The Morgan fingerprint density at radius 2 is 1.85 bits per heavy atom. The van der Waals surface area contributed by atoms with Crippen molar-refractivity contribution in [3.8, 4) is 5.69 Å². The topological polar surface area (TPSA) is 68.1 Å². The molecule has 3 rings (SSSR count). The van der Waals surface area contributed by atoms with Crippen LogP contribution in [0.15, 0.2) is 67.3 Å². The molecule has 1 amide bonds. The normalized spacial score (nSPS) is 10.7. The Balaban J connectivity index is 1.79. The SMILES string of the molecule is CC(C)N(Cc1cccnc1)C(=O)C(=O)c1cnn(-c2ccccc2)c1. The monoisotopic (exact) mass is 348 g/mol. The molecule has 132 valence electrons. The van der Waals surface area contributed by atoms with Crippen molar-refractivity contribution in [2.75, 3.05) is 0 Å². The summed E-state index contributed by atoms with van der Waals surface area (Å²) in [6.07, 6.45) is 6.38. The summed E-state index contributed by atoms with van der Waals surface area (Å²) in [4.78, 5) is 31.0. The van der Waals surface area contributed by atoms with Gasteiger partial charge in [0.2, 0.25) is 0 Å². The number of Topliss-reactive ketones (excluding diaryl/α,β-unsaturated/α-hetero) is 1. The number of hydrogen-bond acceptors (Lipinski definition) is 4. The van der Waals surface area contributed by atoms with Gasteiger partial charge in [0.05, 0.1) is 17.4 Å². The minimum Gasteiger partial charge on any atom is -0.329 e. The van der Waals surface area contributed by atoms with Crippen LogP contribution in [0.3, 0.4) is 0 Å². The second kappa shape index (κ2) is 7.74. The quantitative estimate of drug-likeness (QED) is 0.507. The smallest absolute Gasteiger partial charge is 0.295 e. The van der Waals surface area contributed by atoms with Crippen LogP contribution in [0, 0.1) is 0 Å². The molecule has 6 heteroatoms. The number of para-hydroxylation sites is 1. The van der Waals surface area contributed by atoms with Crippen molar-refractivity contribution in [3.63, 3.8) is 0 Å². The van der Waals surface area contributed by atoms with Crippen LogP contribution in [0.25, 0.3) is 5.69 Å². The number of carbonyl (C=O) groups excluding carboxylic acids is 2. The minimum atomic E-state index is -0.565. The first kappa shape index (κ1) is 17.5. The molecule has 0 aliphatic rings. The van der Waals surface area contributed by atoms with Crippen LogP contribution >= 0.6 is 0 Å². The molecule has 1 aromatic carbocycles. The largest absolute Gasteiger partial charge is 0.329 e. The van der Waals surface area contributed by atoms with Crippen LogP contribution in [0.2, 0.25) is 0 Å². The van der Waals surface area contributed by atoms with Gasteiger partial charge in [-0.25, -0.2) is 4.68 Å². The molecule has 3 aromatic rings. The molecule has 0 unspecified atom stereocenters. The summed E-state index contributed by atoms with van der Waals surface area (Å²) in [5.74, 6) is -1.11. The van der Waals surface area contributed by atoms with Crippen LogP contribution in [-0.4, -0.2) is 37.4 Å². The average Bonchev–Trinajstić information content (AvgIpc) is 3.16. The van der Waals surface area contributed by atoms with Gasteiger partial charge in [0.25, 0.3) is 11.7 Å². The highest BCUT2D eigenvalue weighted by atomic mass is 16.2. The lowest BCUT2D eigenvalue weighted by Gasteiger charge is -2.25. The molecule has 0 saturated carbocycles. The summed E-state index contributed by atoms with van der Waals surface area (Å²) in [7, 11) is 0. The second-order valence-corrected chi connectivity index (χ2v) is 6.23. The van der Waals surface area contributed by atoms with Gasteiger partial charge in [-0.2, -0.15) is 5.10 Å². The molecule has 0 saturated heterocycles. The third-order valence-electron chi connectivity index (χ3n) is 4.02. The number of hydrogen-bond donors (Lipinski definition) is 0. The zero-order valence-corrected chi connectivity index (χ0v) is 14.7. The average molecular weight is 348 g/mol. The molecule has 0 fully saturated rings. The Kier molecular flexibility index (Phi) is 5.22. The van der Waals surface area contributed by atoms with Gasteiger partial charge >= 0.3 is 0 Å². The van der Waals surface area contributed by atoms with Crippen LogP contribution < -0.4 is 0 Å². The van der Waals surface area contributed by atoms with E-state index < -0.39 is 11.7 Å². The van der Waals surface area contributed by atoms with Gasteiger partial charge in [0, 0.05) is 31.2 Å². The fourth-order valence-electron chi connectivity index (χ4n) is 2.59. The van der Waals surface area contributed by atoms with Gasteiger partial charge in [-0.15, -0.1) is 0 Å². The van der Waals surface area contributed by atoms with E-state index in [0.29, 0.717) is 6.54 Å². The first-order chi connectivity index (χ1) is 12.6. The van der Waals surface area contributed by atoms with E-state index in [1.807, 2.05) is 56.3 Å². The standard InChI is InChI=1S/C20H20N4O2/c1-15(2)23(13-16-7-6-10-21-11-16)20(26)19(25)17-12-22-24(14-17)18-8-4-3-5-9-18/h3-12,14-15H,13H2,1-2H3. The summed E-state index contributed by atoms with van der Waals surface area (Å²) in [6, 6.07) is 13.0. The number of aromatic nitrogens is 3. The maximum atomic E-state index is 12.8. The van der Waals surface area contributed by atoms with E-state index in [2.05, 4.69) is 10.1 Å². The Morgan fingerprint density at radius 1 is 1.08 bits per heavy atom. The van der Waals surface area contributed by atoms with E-state index >= 15 is 0 Å². The number of amides is 1. The van der Waals surface area contributed by atoms with Crippen LogP contribution in [0.4, 0.5) is 0 Å². The van der Waals surface area contributed by atoms with Crippen molar-refractivity contribution >= 4 is 11.7 Å². The van der Waals surface area contributed by atoms with E-state index in [1.165, 1.54) is 6.20 Å². The van der Waals surface area contributed by atoms with E-state index in [-0.39, 0.29) is 11.6 Å². The predicted octanol–water partition coefficient (Wildman–Crippen LogP) is 2.89. The van der Waals surface area contributed by atoms with Crippen LogP contribution in [0.1, 0.15) is 29.8 Å². The number of nitrogens with zero attached hydrogens (tertiary/aromatic N) is 4. The van der Waals surface area contributed by atoms with Crippen molar-refractivity contribution in [2.24, 2.45) is 0 Å². The molecule has 6 nitrogen and oxygen atoms in total. The lowest BCUT2D eigenvalue weighted by atomic mass is 10.1. The highest BCUT2D eigenvalue weighted by Gasteiger charge is 2.26. The van der Waals surface area contributed by atoms with Crippen molar-refractivity contribution < 1.29 is 9.59 Å². The van der Waals surface area contributed by atoms with Crippen LogP contribution in [0.5, 0.6) is 0 Å². The first-order valence-electron chi connectivity index (χ1n) is 8.40. The third kappa shape index (κ3) is 3.85. The lowest BCUT2D eigenvalue weighted by molar-refractivity contribution is -0.128. The summed E-state index contributed by atoms with van der Waals surface area (Å²) in [6.45, 7) is 4.10. The fourth-order valence-corrected chi connectivity index (χ4v) is 2.59. The molecule has 2 aromatic heterocycles. The molecule has 0 aliphatic carbocycles. The Morgan fingerprint density at radius 3 is 2.50 bits per heavy atom. The number of ketones is 1.